The quantitative estimate of drug-likeness (QED) is 0.896. The Hall–Kier alpha value is -1.55. The number of hydrogen-bond acceptors (Lipinski definition) is 3. The first-order valence-electron chi connectivity index (χ1n) is 7.60. The van der Waals surface area contributed by atoms with Gasteiger partial charge in [0.25, 0.3) is 0 Å². The maximum atomic E-state index is 11.9. The van der Waals surface area contributed by atoms with Crippen molar-refractivity contribution in [2.24, 2.45) is 0 Å². The molecule has 1 aliphatic carbocycles. The average Bonchev–Trinajstić information content (AvgIpc) is 2.42. The summed E-state index contributed by atoms with van der Waals surface area (Å²) in [5.41, 5.74) is 2.44. The number of carbonyl (C=O) groups excluding carboxylic acids is 1. The predicted octanol–water partition coefficient (Wildman–Crippen LogP) is 2.58. The fourth-order valence-electron chi connectivity index (χ4n) is 2.81. The third kappa shape index (κ3) is 4.46. The average molecular weight is 290 g/mol. The third-order valence-corrected chi connectivity index (χ3v) is 3.69. The van der Waals surface area contributed by atoms with Crippen molar-refractivity contribution in [2.75, 3.05) is 13.7 Å². The van der Waals surface area contributed by atoms with Crippen molar-refractivity contribution < 1.29 is 9.53 Å². The lowest BCUT2D eigenvalue weighted by Gasteiger charge is -2.27. The SMILES string of the molecule is COc1ccc2c(c1)CCCC2NCC(=O)NC(C)(C)C. The van der Waals surface area contributed by atoms with Gasteiger partial charge in [-0.25, -0.2) is 0 Å². The molecule has 2 rings (SSSR count). The van der Waals surface area contributed by atoms with E-state index in [0.29, 0.717) is 6.54 Å². The van der Waals surface area contributed by atoms with Gasteiger partial charge in [0.15, 0.2) is 0 Å². The summed E-state index contributed by atoms with van der Waals surface area (Å²) in [7, 11) is 1.69. The highest BCUT2D eigenvalue weighted by Crippen LogP contribution is 2.31. The molecular formula is C17H26N2O2. The monoisotopic (exact) mass is 290 g/mol. The highest BCUT2D eigenvalue weighted by atomic mass is 16.5. The van der Waals surface area contributed by atoms with Crippen molar-refractivity contribution in [1.82, 2.24) is 10.6 Å². The number of benzene rings is 1. The maximum Gasteiger partial charge on any atom is 0.234 e. The zero-order chi connectivity index (χ0) is 15.5. The molecule has 116 valence electrons. The summed E-state index contributed by atoms with van der Waals surface area (Å²) in [6.45, 7) is 6.33. The first-order valence-corrected chi connectivity index (χ1v) is 7.60. The van der Waals surface area contributed by atoms with E-state index in [4.69, 9.17) is 4.74 Å². The van der Waals surface area contributed by atoms with Crippen molar-refractivity contribution >= 4 is 5.91 Å². The van der Waals surface area contributed by atoms with E-state index in [0.717, 1.165) is 25.0 Å². The van der Waals surface area contributed by atoms with E-state index in [1.165, 1.54) is 11.1 Å². The van der Waals surface area contributed by atoms with Crippen molar-refractivity contribution in [3.8, 4) is 5.75 Å². The number of rotatable bonds is 4. The summed E-state index contributed by atoms with van der Waals surface area (Å²) in [5.74, 6) is 0.947. The summed E-state index contributed by atoms with van der Waals surface area (Å²) in [4.78, 5) is 11.9. The van der Waals surface area contributed by atoms with Crippen LogP contribution in [0.5, 0.6) is 5.75 Å². The van der Waals surface area contributed by atoms with Gasteiger partial charge in [-0.3, -0.25) is 4.79 Å². The number of nitrogens with one attached hydrogen (secondary N) is 2. The van der Waals surface area contributed by atoms with Gasteiger partial charge >= 0.3 is 0 Å². The fraction of sp³-hybridized carbons (Fsp3) is 0.588. The van der Waals surface area contributed by atoms with Crippen LogP contribution in [0, 0.1) is 0 Å². The zero-order valence-electron chi connectivity index (χ0n) is 13.5. The highest BCUT2D eigenvalue weighted by molar-refractivity contribution is 5.78. The minimum Gasteiger partial charge on any atom is -0.497 e. The zero-order valence-corrected chi connectivity index (χ0v) is 13.5. The van der Waals surface area contributed by atoms with Gasteiger partial charge in [-0.05, 0) is 63.3 Å². The normalized spacial score (nSPS) is 18.0. The summed E-state index contributed by atoms with van der Waals surface area (Å²) in [6, 6.07) is 6.48. The number of amides is 1. The fourth-order valence-corrected chi connectivity index (χ4v) is 2.81. The van der Waals surface area contributed by atoms with E-state index >= 15 is 0 Å². The van der Waals surface area contributed by atoms with Crippen LogP contribution in [0.15, 0.2) is 18.2 Å². The van der Waals surface area contributed by atoms with E-state index in [1.54, 1.807) is 7.11 Å². The van der Waals surface area contributed by atoms with Gasteiger partial charge in [0, 0.05) is 11.6 Å². The van der Waals surface area contributed by atoms with Gasteiger partial charge < -0.3 is 15.4 Å². The molecule has 0 aliphatic heterocycles. The number of aryl methyl sites for hydroxylation is 1. The maximum absolute atomic E-state index is 11.9. The topological polar surface area (TPSA) is 50.4 Å². The summed E-state index contributed by atoms with van der Waals surface area (Å²) in [6.07, 6.45) is 3.29. The molecule has 1 aliphatic rings. The van der Waals surface area contributed by atoms with Crippen LogP contribution in [0.1, 0.15) is 50.8 Å². The molecule has 0 fully saturated rings. The number of hydrogen-bond donors (Lipinski definition) is 2. The second-order valence-electron chi connectivity index (χ2n) is 6.69. The molecule has 0 spiro atoms. The van der Waals surface area contributed by atoms with Crippen molar-refractivity contribution in [3.05, 3.63) is 29.3 Å². The molecule has 0 heterocycles. The van der Waals surface area contributed by atoms with Crippen LogP contribution in [0.4, 0.5) is 0 Å². The van der Waals surface area contributed by atoms with Crippen LogP contribution in [0.3, 0.4) is 0 Å². The molecule has 0 saturated carbocycles. The van der Waals surface area contributed by atoms with Gasteiger partial charge in [0.1, 0.15) is 5.75 Å². The van der Waals surface area contributed by atoms with E-state index in [1.807, 2.05) is 26.8 Å². The molecule has 1 unspecified atom stereocenters. The molecule has 0 saturated heterocycles. The van der Waals surface area contributed by atoms with Gasteiger partial charge in [0.2, 0.25) is 5.91 Å². The smallest absolute Gasteiger partial charge is 0.234 e. The molecular weight excluding hydrogens is 264 g/mol. The van der Waals surface area contributed by atoms with Crippen LogP contribution in [-0.4, -0.2) is 25.1 Å². The van der Waals surface area contributed by atoms with Gasteiger partial charge in [-0.15, -0.1) is 0 Å². The molecule has 2 N–H and O–H groups in total. The molecule has 0 bridgehead atoms. The Morgan fingerprint density at radius 1 is 1.38 bits per heavy atom. The van der Waals surface area contributed by atoms with Crippen molar-refractivity contribution in [2.45, 2.75) is 51.6 Å². The predicted molar refractivity (Wildman–Crippen MR) is 84.6 cm³/mol. The van der Waals surface area contributed by atoms with Gasteiger partial charge in [0.05, 0.1) is 13.7 Å². The Bertz CT molecular complexity index is 506. The minimum absolute atomic E-state index is 0.0446. The first-order chi connectivity index (χ1) is 9.89. The second kappa shape index (κ2) is 6.48. The van der Waals surface area contributed by atoms with Crippen molar-refractivity contribution in [1.29, 1.82) is 0 Å². The summed E-state index contributed by atoms with van der Waals surface area (Å²) < 4.78 is 5.28. The molecule has 1 atom stereocenters. The van der Waals surface area contributed by atoms with Crippen LogP contribution in [0.25, 0.3) is 0 Å². The lowest BCUT2D eigenvalue weighted by molar-refractivity contribution is -0.121. The van der Waals surface area contributed by atoms with Crippen LogP contribution >= 0.6 is 0 Å². The molecule has 21 heavy (non-hydrogen) atoms. The minimum atomic E-state index is -0.184. The van der Waals surface area contributed by atoms with Crippen molar-refractivity contribution in [3.63, 3.8) is 0 Å². The van der Waals surface area contributed by atoms with E-state index in [-0.39, 0.29) is 17.5 Å². The third-order valence-electron chi connectivity index (χ3n) is 3.69. The second-order valence-corrected chi connectivity index (χ2v) is 6.69. The van der Waals surface area contributed by atoms with Crippen LogP contribution in [0.2, 0.25) is 0 Å². The van der Waals surface area contributed by atoms with Gasteiger partial charge in [-0.1, -0.05) is 6.07 Å². The van der Waals surface area contributed by atoms with E-state index < -0.39 is 0 Å². The lowest BCUT2D eigenvalue weighted by Crippen LogP contribution is -2.45. The lowest BCUT2D eigenvalue weighted by atomic mass is 9.87. The molecule has 4 heteroatoms. The largest absolute Gasteiger partial charge is 0.497 e. The number of methoxy groups -OCH3 is 1. The number of fused-ring (bicyclic) bond motifs is 1. The molecule has 0 aromatic heterocycles. The van der Waals surface area contributed by atoms with Gasteiger partial charge in [-0.2, -0.15) is 0 Å². The Morgan fingerprint density at radius 2 is 2.14 bits per heavy atom. The standard InChI is InChI=1S/C17H26N2O2/c1-17(2,3)19-16(20)11-18-15-7-5-6-12-10-13(21-4)8-9-14(12)15/h8-10,15,18H,5-7,11H2,1-4H3,(H,19,20). The summed E-state index contributed by atoms with van der Waals surface area (Å²) >= 11 is 0. The number of carbonyl (C=O) groups is 1. The van der Waals surface area contributed by atoms with E-state index in [2.05, 4.69) is 22.8 Å². The molecule has 1 amide bonds. The molecule has 4 nitrogen and oxygen atoms in total. The van der Waals surface area contributed by atoms with Crippen LogP contribution in [-0.2, 0) is 11.2 Å². The molecule has 1 aromatic rings. The summed E-state index contributed by atoms with van der Waals surface area (Å²) in [5, 5.41) is 6.36. The Kier molecular flexibility index (Phi) is 4.88. The molecule has 1 aromatic carbocycles. The highest BCUT2D eigenvalue weighted by Gasteiger charge is 2.21. The number of ether oxygens (including phenoxy) is 1. The first kappa shape index (κ1) is 15.8. The van der Waals surface area contributed by atoms with E-state index in [9.17, 15) is 4.79 Å². The Labute approximate surface area is 127 Å². The Morgan fingerprint density at radius 3 is 2.81 bits per heavy atom. The van der Waals surface area contributed by atoms with Crippen LogP contribution < -0.4 is 15.4 Å². The Balaban J connectivity index is 1.99. The molecule has 0 radical (unpaired) electrons.